The van der Waals surface area contributed by atoms with Gasteiger partial charge in [-0.1, -0.05) is 0 Å². The number of nitrogen functional groups attached to an aromatic ring is 1. The third-order valence-electron chi connectivity index (χ3n) is 1.52. The Morgan fingerprint density at radius 3 is 2.57 bits per heavy atom. The Balaban J connectivity index is 3.08. The number of alkyl halides is 2. The first kappa shape index (κ1) is 11.2. The Labute approximate surface area is 87.7 Å². The average Bonchev–Trinajstić information content (AvgIpc) is 1.96. The number of nitrogens with zero attached hydrogens (tertiary/aromatic N) is 1. The summed E-state index contributed by atoms with van der Waals surface area (Å²) in [6.45, 7) is 0.297. The highest BCUT2D eigenvalue weighted by Crippen LogP contribution is 2.16. The molecular formula is C8H9BrF2N2O. The van der Waals surface area contributed by atoms with Crippen molar-refractivity contribution >= 4 is 21.6 Å². The summed E-state index contributed by atoms with van der Waals surface area (Å²) in [7, 11) is 0. The van der Waals surface area contributed by atoms with Crippen LogP contribution in [0.1, 0.15) is 6.92 Å². The van der Waals surface area contributed by atoms with Gasteiger partial charge in [-0.2, -0.15) is 0 Å². The lowest BCUT2D eigenvalue weighted by Crippen LogP contribution is -2.21. The minimum absolute atomic E-state index is 0.0522. The van der Waals surface area contributed by atoms with Crippen molar-refractivity contribution < 1.29 is 8.78 Å². The van der Waals surface area contributed by atoms with Gasteiger partial charge in [0.25, 0.3) is 5.92 Å². The van der Waals surface area contributed by atoms with Crippen molar-refractivity contribution in [3.8, 4) is 0 Å². The first-order valence-electron chi connectivity index (χ1n) is 3.82. The third-order valence-corrected chi connectivity index (χ3v) is 2.09. The largest absolute Gasteiger partial charge is 0.394 e. The lowest BCUT2D eigenvalue weighted by molar-refractivity contribution is 0.00378. The van der Waals surface area contributed by atoms with Crippen LogP contribution >= 0.6 is 15.9 Å². The van der Waals surface area contributed by atoms with E-state index in [2.05, 4.69) is 15.9 Å². The molecule has 0 atom stereocenters. The fourth-order valence-corrected chi connectivity index (χ4v) is 1.52. The number of halogens is 3. The summed E-state index contributed by atoms with van der Waals surface area (Å²) in [4.78, 5) is 11.1. The fourth-order valence-electron chi connectivity index (χ4n) is 1.03. The van der Waals surface area contributed by atoms with E-state index in [-0.39, 0.29) is 15.6 Å². The van der Waals surface area contributed by atoms with Crippen LogP contribution in [0.4, 0.5) is 14.5 Å². The van der Waals surface area contributed by atoms with Crippen molar-refractivity contribution in [2.24, 2.45) is 0 Å². The lowest BCUT2D eigenvalue weighted by Gasteiger charge is -2.13. The van der Waals surface area contributed by atoms with Crippen LogP contribution in [0.2, 0.25) is 0 Å². The van der Waals surface area contributed by atoms with Crippen molar-refractivity contribution in [2.75, 3.05) is 5.73 Å². The summed E-state index contributed by atoms with van der Waals surface area (Å²) in [5, 5.41) is 0. The van der Waals surface area contributed by atoms with E-state index in [0.29, 0.717) is 0 Å². The second-order valence-electron chi connectivity index (χ2n) is 3.13. The Morgan fingerprint density at radius 1 is 1.57 bits per heavy atom. The maximum atomic E-state index is 12.6. The van der Waals surface area contributed by atoms with Crippen LogP contribution in [-0.2, 0) is 6.54 Å². The van der Waals surface area contributed by atoms with Gasteiger partial charge in [-0.05, 0) is 15.9 Å². The Morgan fingerprint density at radius 2 is 2.14 bits per heavy atom. The summed E-state index contributed by atoms with van der Waals surface area (Å²) in [5.74, 6) is -2.83. The molecule has 0 fully saturated rings. The molecule has 6 heteroatoms. The second kappa shape index (κ2) is 3.68. The summed E-state index contributed by atoms with van der Waals surface area (Å²) < 4.78 is 26.6. The molecule has 3 nitrogen and oxygen atoms in total. The molecule has 1 aromatic rings. The molecule has 0 aliphatic heterocycles. The average molecular weight is 267 g/mol. The van der Waals surface area contributed by atoms with Gasteiger partial charge in [0.15, 0.2) is 0 Å². The summed E-state index contributed by atoms with van der Waals surface area (Å²) in [6.07, 6.45) is 2.49. The zero-order valence-electron chi connectivity index (χ0n) is 7.43. The number of hydrogen-bond donors (Lipinski definition) is 1. The highest BCUT2D eigenvalue weighted by atomic mass is 79.9. The van der Waals surface area contributed by atoms with Crippen molar-refractivity contribution in [1.29, 1.82) is 0 Å². The van der Waals surface area contributed by atoms with Gasteiger partial charge in [-0.25, -0.2) is 8.78 Å². The Kier molecular flexibility index (Phi) is 2.94. The molecule has 14 heavy (non-hydrogen) atoms. The van der Waals surface area contributed by atoms with E-state index in [0.717, 1.165) is 6.92 Å². The molecule has 0 spiro atoms. The molecule has 2 N–H and O–H groups in total. The second-order valence-corrected chi connectivity index (χ2v) is 3.99. The molecule has 0 aliphatic rings. The van der Waals surface area contributed by atoms with Gasteiger partial charge in [0.1, 0.15) is 0 Å². The van der Waals surface area contributed by atoms with Crippen molar-refractivity contribution in [2.45, 2.75) is 19.4 Å². The predicted molar refractivity (Wildman–Crippen MR) is 53.4 cm³/mol. The molecular weight excluding hydrogens is 258 g/mol. The maximum absolute atomic E-state index is 12.6. The summed E-state index contributed by atoms with van der Waals surface area (Å²) >= 11 is 2.95. The lowest BCUT2D eigenvalue weighted by atomic mass is 10.3. The van der Waals surface area contributed by atoms with E-state index in [1.807, 2.05) is 0 Å². The molecule has 0 bridgehead atoms. The van der Waals surface area contributed by atoms with Crippen LogP contribution < -0.4 is 11.2 Å². The van der Waals surface area contributed by atoms with Gasteiger partial charge in [-0.3, -0.25) is 4.79 Å². The monoisotopic (exact) mass is 266 g/mol. The number of rotatable bonds is 2. The molecule has 1 rings (SSSR count). The van der Waals surface area contributed by atoms with Gasteiger partial charge in [-0.15, -0.1) is 0 Å². The predicted octanol–water partition coefficient (Wildman–Crippen LogP) is 1.85. The normalized spacial score (nSPS) is 11.7. The van der Waals surface area contributed by atoms with Crippen molar-refractivity contribution in [3.05, 3.63) is 27.1 Å². The summed E-state index contributed by atoms with van der Waals surface area (Å²) in [6, 6.07) is 0. The van der Waals surface area contributed by atoms with E-state index >= 15 is 0 Å². The molecule has 1 aromatic heterocycles. The van der Waals surface area contributed by atoms with Gasteiger partial charge in [0, 0.05) is 19.3 Å². The Hall–Kier alpha value is -0.910. The summed E-state index contributed by atoms with van der Waals surface area (Å²) in [5.41, 5.74) is 4.89. The van der Waals surface area contributed by atoms with Gasteiger partial charge in [0.05, 0.1) is 16.7 Å². The molecule has 0 aromatic carbocycles. The van der Waals surface area contributed by atoms with E-state index < -0.39 is 12.5 Å². The number of hydrogen-bond acceptors (Lipinski definition) is 2. The van der Waals surface area contributed by atoms with Crippen LogP contribution in [0.15, 0.2) is 21.7 Å². The first-order chi connectivity index (χ1) is 6.29. The molecule has 0 aliphatic carbocycles. The highest BCUT2D eigenvalue weighted by Gasteiger charge is 2.21. The fraction of sp³-hybridized carbons (Fsp3) is 0.375. The van der Waals surface area contributed by atoms with Crippen LogP contribution in [0.5, 0.6) is 0 Å². The highest BCUT2D eigenvalue weighted by molar-refractivity contribution is 9.10. The zero-order valence-corrected chi connectivity index (χ0v) is 9.01. The number of aromatic nitrogens is 1. The van der Waals surface area contributed by atoms with Crippen molar-refractivity contribution in [3.63, 3.8) is 0 Å². The minimum atomic E-state index is -2.83. The first-order valence-corrected chi connectivity index (χ1v) is 4.62. The number of nitrogens with two attached hydrogens (primary N) is 1. The van der Waals surface area contributed by atoms with Gasteiger partial charge in [0.2, 0.25) is 5.43 Å². The third kappa shape index (κ3) is 2.80. The van der Waals surface area contributed by atoms with Crippen LogP contribution in [0, 0.1) is 0 Å². The van der Waals surface area contributed by atoms with Crippen LogP contribution in [0.3, 0.4) is 0 Å². The van der Waals surface area contributed by atoms with E-state index in [9.17, 15) is 13.6 Å². The number of pyridine rings is 1. The molecule has 1 heterocycles. The van der Waals surface area contributed by atoms with Gasteiger partial charge < -0.3 is 10.3 Å². The van der Waals surface area contributed by atoms with Crippen LogP contribution in [0.25, 0.3) is 0 Å². The van der Waals surface area contributed by atoms with Crippen LogP contribution in [-0.4, -0.2) is 10.5 Å². The quantitative estimate of drug-likeness (QED) is 0.888. The Bertz CT molecular complexity index is 371. The minimum Gasteiger partial charge on any atom is -0.394 e. The molecule has 78 valence electrons. The topological polar surface area (TPSA) is 48.0 Å². The molecule has 0 unspecified atom stereocenters. The number of anilines is 1. The standard InChI is InChI=1S/C8H9BrF2N2O/c1-8(10,11)4-13-2-5(9)7(14)6(12)3-13/h2-3H,4,12H2,1H3. The molecule has 0 amide bonds. The zero-order chi connectivity index (χ0) is 10.9. The molecule has 0 saturated carbocycles. The van der Waals surface area contributed by atoms with E-state index in [1.54, 1.807) is 0 Å². The van der Waals surface area contributed by atoms with E-state index in [1.165, 1.54) is 17.0 Å². The molecule has 0 saturated heterocycles. The van der Waals surface area contributed by atoms with Gasteiger partial charge >= 0.3 is 0 Å². The smallest absolute Gasteiger partial charge is 0.262 e. The van der Waals surface area contributed by atoms with Crippen molar-refractivity contribution in [1.82, 2.24) is 4.57 Å². The maximum Gasteiger partial charge on any atom is 0.262 e. The molecule has 0 radical (unpaired) electrons. The SMILES string of the molecule is CC(F)(F)Cn1cc(N)c(=O)c(Br)c1. The van der Waals surface area contributed by atoms with E-state index in [4.69, 9.17) is 5.73 Å².